The van der Waals surface area contributed by atoms with E-state index in [1.54, 1.807) is 0 Å². The van der Waals surface area contributed by atoms with Crippen LogP contribution in [0.15, 0.2) is 35.3 Å². The van der Waals surface area contributed by atoms with Gasteiger partial charge in [0.05, 0.1) is 6.10 Å². The van der Waals surface area contributed by atoms with Crippen LogP contribution in [0, 0.1) is 0 Å². The van der Waals surface area contributed by atoms with Crippen LogP contribution in [0.25, 0.3) is 0 Å². The van der Waals surface area contributed by atoms with Crippen LogP contribution < -0.4 is 15.5 Å². The molecular weight excluding hydrogens is 338 g/mol. The van der Waals surface area contributed by atoms with E-state index in [-0.39, 0.29) is 6.10 Å². The smallest absolute Gasteiger partial charge is 0.191 e. The van der Waals surface area contributed by atoms with Crippen molar-refractivity contribution in [2.45, 2.75) is 44.8 Å². The molecular formula is C21H35N5O. The Balaban J connectivity index is 1.41. The molecule has 3 rings (SSSR count). The van der Waals surface area contributed by atoms with Crippen molar-refractivity contribution in [2.24, 2.45) is 4.99 Å². The van der Waals surface area contributed by atoms with E-state index >= 15 is 0 Å². The van der Waals surface area contributed by atoms with Crippen molar-refractivity contribution >= 4 is 11.6 Å². The highest BCUT2D eigenvalue weighted by Gasteiger charge is 2.23. The Morgan fingerprint density at radius 3 is 2.67 bits per heavy atom. The summed E-state index contributed by atoms with van der Waals surface area (Å²) in [5.41, 5.74) is 1.30. The number of anilines is 1. The number of benzene rings is 1. The zero-order valence-corrected chi connectivity index (χ0v) is 16.6. The van der Waals surface area contributed by atoms with E-state index in [1.165, 1.54) is 5.69 Å². The van der Waals surface area contributed by atoms with Gasteiger partial charge in [-0.2, -0.15) is 0 Å². The molecule has 6 heteroatoms. The van der Waals surface area contributed by atoms with Gasteiger partial charge in [-0.15, -0.1) is 0 Å². The third-order valence-electron chi connectivity index (χ3n) is 5.45. The summed E-state index contributed by atoms with van der Waals surface area (Å²) < 4.78 is 0. The van der Waals surface area contributed by atoms with Crippen molar-refractivity contribution in [2.75, 3.05) is 50.7 Å². The molecule has 3 N–H and O–H groups in total. The van der Waals surface area contributed by atoms with Gasteiger partial charge in [-0.05, 0) is 51.3 Å². The fourth-order valence-corrected chi connectivity index (χ4v) is 3.89. The number of likely N-dealkylation sites (tertiary alicyclic amines) is 1. The molecule has 2 fully saturated rings. The molecule has 2 saturated heterocycles. The minimum absolute atomic E-state index is 0.0920. The quantitative estimate of drug-likeness (QED) is 0.386. The second kappa shape index (κ2) is 10.5. The number of nitrogens with one attached hydrogen (secondary N) is 2. The SMILES string of the molecule is CCNC(=NCCCN1CCC(O)CC1)NC1CCN(c2ccccc2)C1. The highest BCUT2D eigenvalue weighted by molar-refractivity contribution is 5.80. The van der Waals surface area contributed by atoms with E-state index < -0.39 is 0 Å². The van der Waals surface area contributed by atoms with Crippen LogP contribution in [0.5, 0.6) is 0 Å². The van der Waals surface area contributed by atoms with Crippen molar-refractivity contribution in [3.63, 3.8) is 0 Å². The van der Waals surface area contributed by atoms with Gasteiger partial charge in [0.2, 0.25) is 0 Å². The lowest BCUT2D eigenvalue weighted by atomic mass is 10.1. The summed E-state index contributed by atoms with van der Waals surface area (Å²) in [7, 11) is 0. The molecule has 0 saturated carbocycles. The maximum absolute atomic E-state index is 9.59. The number of piperidine rings is 1. The van der Waals surface area contributed by atoms with Crippen LogP contribution in [0.2, 0.25) is 0 Å². The van der Waals surface area contributed by atoms with Crippen LogP contribution in [-0.2, 0) is 0 Å². The van der Waals surface area contributed by atoms with Gasteiger partial charge < -0.3 is 25.5 Å². The van der Waals surface area contributed by atoms with Gasteiger partial charge in [-0.1, -0.05) is 18.2 Å². The number of hydrogen-bond donors (Lipinski definition) is 3. The zero-order chi connectivity index (χ0) is 18.9. The average molecular weight is 374 g/mol. The van der Waals surface area contributed by atoms with E-state index in [0.29, 0.717) is 6.04 Å². The highest BCUT2D eigenvalue weighted by atomic mass is 16.3. The van der Waals surface area contributed by atoms with Crippen LogP contribution in [0.4, 0.5) is 5.69 Å². The zero-order valence-electron chi connectivity index (χ0n) is 16.6. The molecule has 0 spiro atoms. The molecule has 2 aliphatic heterocycles. The monoisotopic (exact) mass is 373 g/mol. The van der Waals surface area contributed by atoms with Gasteiger partial charge in [-0.3, -0.25) is 4.99 Å². The fraction of sp³-hybridized carbons (Fsp3) is 0.667. The van der Waals surface area contributed by atoms with E-state index in [4.69, 9.17) is 4.99 Å². The number of aliphatic imine (C=N–C) groups is 1. The van der Waals surface area contributed by atoms with Crippen molar-refractivity contribution in [1.29, 1.82) is 0 Å². The lowest BCUT2D eigenvalue weighted by molar-refractivity contribution is 0.0824. The number of nitrogens with zero attached hydrogens (tertiary/aromatic N) is 3. The second-order valence-corrected chi connectivity index (χ2v) is 7.60. The third kappa shape index (κ3) is 6.40. The molecule has 0 amide bonds. The summed E-state index contributed by atoms with van der Waals surface area (Å²) in [6.07, 6.45) is 3.92. The number of rotatable bonds is 7. The Kier molecular flexibility index (Phi) is 7.78. The molecule has 2 heterocycles. The molecule has 150 valence electrons. The minimum Gasteiger partial charge on any atom is -0.393 e. The molecule has 1 aromatic rings. The largest absolute Gasteiger partial charge is 0.393 e. The first-order valence-corrected chi connectivity index (χ1v) is 10.5. The number of para-hydroxylation sites is 1. The Morgan fingerprint density at radius 1 is 1.15 bits per heavy atom. The Bertz CT molecular complexity index is 571. The van der Waals surface area contributed by atoms with Crippen molar-refractivity contribution in [1.82, 2.24) is 15.5 Å². The maximum atomic E-state index is 9.59. The van der Waals surface area contributed by atoms with Crippen molar-refractivity contribution in [3.8, 4) is 0 Å². The number of aliphatic hydroxyl groups excluding tert-OH is 1. The molecule has 0 radical (unpaired) electrons. The van der Waals surface area contributed by atoms with Crippen LogP contribution in [0.3, 0.4) is 0 Å². The first kappa shape index (κ1) is 20.0. The molecule has 0 aliphatic carbocycles. The average Bonchev–Trinajstić information content (AvgIpc) is 3.16. The lowest BCUT2D eigenvalue weighted by Crippen LogP contribution is -2.44. The number of hydrogen-bond acceptors (Lipinski definition) is 4. The Hall–Kier alpha value is -1.79. The number of aliphatic hydroxyl groups is 1. The molecule has 27 heavy (non-hydrogen) atoms. The lowest BCUT2D eigenvalue weighted by Gasteiger charge is -2.29. The standard InChI is InChI=1S/C21H35N5O/c1-2-22-21(23-12-6-13-25-14-10-20(27)11-15-25)24-18-9-16-26(17-18)19-7-4-3-5-8-19/h3-5,7-8,18,20,27H,2,6,9-17H2,1H3,(H2,22,23,24). The summed E-state index contributed by atoms with van der Waals surface area (Å²) in [5.74, 6) is 0.937. The number of guanidine groups is 1. The molecule has 6 nitrogen and oxygen atoms in total. The first-order chi connectivity index (χ1) is 13.2. The predicted octanol–water partition coefficient (Wildman–Crippen LogP) is 1.67. The van der Waals surface area contributed by atoms with Crippen molar-refractivity contribution in [3.05, 3.63) is 30.3 Å². The van der Waals surface area contributed by atoms with E-state index in [9.17, 15) is 5.11 Å². The maximum Gasteiger partial charge on any atom is 0.191 e. The van der Waals surface area contributed by atoms with Crippen molar-refractivity contribution < 1.29 is 5.11 Å². The molecule has 0 bridgehead atoms. The summed E-state index contributed by atoms with van der Waals surface area (Å²) in [4.78, 5) is 9.65. The summed E-state index contributed by atoms with van der Waals surface area (Å²) >= 11 is 0. The van der Waals surface area contributed by atoms with E-state index in [1.807, 2.05) is 0 Å². The van der Waals surface area contributed by atoms with Gasteiger partial charge in [0.1, 0.15) is 0 Å². The van der Waals surface area contributed by atoms with Gasteiger partial charge in [-0.25, -0.2) is 0 Å². The van der Waals surface area contributed by atoms with Gasteiger partial charge in [0, 0.05) is 51.0 Å². The Morgan fingerprint density at radius 2 is 1.93 bits per heavy atom. The fourth-order valence-electron chi connectivity index (χ4n) is 3.89. The van der Waals surface area contributed by atoms with E-state index in [2.05, 4.69) is 57.7 Å². The molecule has 1 atom stereocenters. The third-order valence-corrected chi connectivity index (χ3v) is 5.45. The van der Waals surface area contributed by atoms with Gasteiger partial charge in [0.15, 0.2) is 5.96 Å². The Labute approximate surface area is 163 Å². The minimum atomic E-state index is -0.0920. The van der Waals surface area contributed by atoms with E-state index in [0.717, 1.165) is 77.5 Å². The predicted molar refractivity (Wildman–Crippen MR) is 112 cm³/mol. The molecule has 2 aliphatic rings. The van der Waals surface area contributed by atoms with Crippen LogP contribution >= 0.6 is 0 Å². The first-order valence-electron chi connectivity index (χ1n) is 10.5. The van der Waals surface area contributed by atoms with Gasteiger partial charge in [0.25, 0.3) is 0 Å². The normalized spacial score (nSPS) is 22.2. The molecule has 0 aromatic heterocycles. The van der Waals surface area contributed by atoms with Crippen LogP contribution in [0.1, 0.15) is 32.6 Å². The molecule has 1 unspecified atom stereocenters. The second-order valence-electron chi connectivity index (χ2n) is 7.60. The van der Waals surface area contributed by atoms with Crippen LogP contribution in [-0.4, -0.2) is 73.9 Å². The van der Waals surface area contributed by atoms with Gasteiger partial charge >= 0.3 is 0 Å². The summed E-state index contributed by atoms with van der Waals surface area (Å²) in [5, 5.41) is 16.6. The summed E-state index contributed by atoms with van der Waals surface area (Å²) in [6.45, 7) is 9.03. The molecule has 1 aromatic carbocycles. The summed E-state index contributed by atoms with van der Waals surface area (Å²) in [6, 6.07) is 11.1. The topological polar surface area (TPSA) is 63.1 Å². The highest BCUT2D eigenvalue weighted by Crippen LogP contribution is 2.19.